The van der Waals surface area contributed by atoms with E-state index in [1.165, 1.54) is 24.2 Å². The fraction of sp³-hybridized carbons (Fsp3) is 0.643. The maximum Gasteiger partial charge on any atom is 0.205 e. The Morgan fingerprint density at radius 2 is 2.06 bits per heavy atom. The molecule has 0 aliphatic heterocycles. The van der Waals surface area contributed by atoms with Crippen molar-refractivity contribution in [2.24, 2.45) is 0 Å². The quantitative estimate of drug-likeness (QED) is 0.584. The number of thiophene rings is 1. The molecule has 0 radical (unpaired) electrons. The molecule has 1 fully saturated rings. The van der Waals surface area contributed by atoms with Gasteiger partial charge in [0.15, 0.2) is 0 Å². The molecule has 1 aromatic rings. The van der Waals surface area contributed by atoms with Crippen molar-refractivity contribution < 1.29 is 9.53 Å². The Labute approximate surface area is 121 Å². The number of hydrogen-bond acceptors (Lipinski definition) is 3. The lowest BCUT2D eigenvalue weighted by Crippen LogP contribution is -2.41. The highest BCUT2D eigenvalue weighted by Gasteiger charge is 2.40. The van der Waals surface area contributed by atoms with E-state index in [0.717, 1.165) is 35.0 Å². The number of carbonyl (C=O) groups excluding carboxylic acids is 1. The minimum absolute atomic E-state index is 0.174. The topological polar surface area (TPSA) is 26.3 Å². The maximum atomic E-state index is 12.8. The molecule has 2 nitrogen and oxygen atoms in total. The van der Waals surface area contributed by atoms with E-state index in [1.54, 1.807) is 0 Å². The fourth-order valence-electron chi connectivity index (χ4n) is 2.68. The molecule has 0 bridgehead atoms. The van der Waals surface area contributed by atoms with Gasteiger partial charge in [-0.3, -0.25) is 4.79 Å². The van der Waals surface area contributed by atoms with Gasteiger partial charge in [0.05, 0.1) is 4.88 Å². The van der Waals surface area contributed by atoms with E-state index in [0.29, 0.717) is 6.61 Å². The summed E-state index contributed by atoms with van der Waals surface area (Å²) in [5, 5.41) is 1.95. The standard InChI is InChI=1S/C14H19BrO2S/c1-2-17-14(8-5-3-4-6-9-14)13(16)12-11(15)7-10-18-12/h7,10H,2-6,8-9H2,1H3. The number of carbonyl (C=O) groups is 1. The van der Waals surface area contributed by atoms with Crippen molar-refractivity contribution in [3.8, 4) is 0 Å². The van der Waals surface area contributed by atoms with Crippen molar-refractivity contribution in [2.45, 2.75) is 51.0 Å². The lowest BCUT2D eigenvalue weighted by atomic mass is 9.88. The number of ketones is 1. The molecule has 1 aromatic heterocycles. The Morgan fingerprint density at radius 3 is 2.56 bits per heavy atom. The average molecular weight is 331 g/mol. The highest BCUT2D eigenvalue weighted by atomic mass is 79.9. The zero-order valence-electron chi connectivity index (χ0n) is 10.7. The molecule has 0 amide bonds. The molecule has 1 aliphatic rings. The van der Waals surface area contributed by atoms with Gasteiger partial charge >= 0.3 is 0 Å². The second-order valence-corrected chi connectivity index (χ2v) is 6.54. The van der Waals surface area contributed by atoms with Gasteiger partial charge in [-0.05, 0) is 47.1 Å². The summed E-state index contributed by atoms with van der Waals surface area (Å²) >= 11 is 4.97. The van der Waals surface area contributed by atoms with Crippen molar-refractivity contribution in [1.29, 1.82) is 0 Å². The number of hydrogen-bond donors (Lipinski definition) is 0. The van der Waals surface area contributed by atoms with Crippen LogP contribution >= 0.6 is 27.3 Å². The Kier molecular flexibility index (Phi) is 4.98. The second kappa shape index (κ2) is 6.31. The van der Waals surface area contributed by atoms with Crippen LogP contribution in [0.1, 0.15) is 55.1 Å². The first-order valence-electron chi connectivity index (χ1n) is 6.61. The Morgan fingerprint density at radius 1 is 1.39 bits per heavy atom. The van der Waals surface area contributed by atoms with Gasteiger partial charge in [-0.15, -0.1) is 11.3 Å². The van der Waals surface area contributed by atoms with Gasteiger partial charge < -0.3 is 4.74 Å². The zero-order chi connectivity index (χ0) is 13.0. The molecule has 0 atom stereocenters. The Bertz CT molecular complexity index is 406. The molecule has 0 N–H and O–H groups in total. The van der Waals surface area contributed by atoms with Crippen LogP contribution in [0.25, 0.3) is 0 Å². The summed E-state index contributed by atoms with van der Waals surface area (Å²) in [6.45, 7) is 2.58. The molecular formula is C14H19BrO2S. The lowest BCUT2D eigenvalue weighted by Gasteiger charge is -2.30. The molecule has 18 heavy (non-hydrogen) atoms. The van der Waals surface area contributed by atoms with E-state index < -0.39 is 5.60 Å². The molecule has 0 unspecified atom stereocenters. The van der Waals surface area contributed by atoms with Crippen LogP contribution in [0, 0.1) is 0 Å². The highest BCUT2D eigenvalue weighted by molar-refractivity contribution is 9.10. The number of halogens is 1. The third-order valence-corrected chi connectivity index (χ3v) is 5.41. The van der Waals surface area contributed by atoms with Crippen molar-refractivity contribution in [1.82, 2.24) is 0 Å². The Balaban J connectivity index is 2.28. The predicted molar refractivity (Wildman–Crippen MR) is 78.4 cm³/mol. The zero-order valence-corrected chi connectivity index (χ0v) is 13.1. The van der Waals surface area contributed by atoms with Crippen molar-refractivity contribution in [3.63, 3.8) is 0 Å². The van der Waals surface area contributed by atoms with Crippen LogP contribution in [0.5, 0.6) is 0 Å². The molecule has 0 aromatic carbocycles. The molecule has 1 saturated carbocycles. The summed E-state index contributed by atoms with van der Waals surface area (Å²) in [6.07, 6.45) is 6.35. The first-order chi connectivity index (χ1) is 8.69. The van der Waals surface area contributed by atoms with E-state index in [4.69, 9.17) is 4.74 Å². The monoisotopic (exact) mass is 330 g/mol. The molecule has 1 aliphatic carbocycles. The summed E-state index contributed by atoms with van der Waals surface area (Å²) < 4.78 is 6.83. The van der Waals surface area contributed by atoms with Crippen molar-refractivity contribution in [2.75, 3.05) is 6.61 Å². The minimum atomic E-state index is -0.571. The fourth-order valence-corrected chi connectivity index (χ4v) is 4.26. The van der Waals surface area contributed by atoms with Gasteiger partial charge in [0, 0.05) is 11.1 Å². The molecular weight excluding hydrogens is 312 g/mol. The van der Waals surface area contributed by atoms with Gasteiger partial charge in [0.2, 0.25) is 5.78 Å². The smallest absolute Gasteiger partial charge is 0.205 e. The van der Waals surface area contributed by atoms with Crippen LogP contribution in [0.2, 0.25) is 0 Å². The summed E-state index contributed by atoms with van der Waals surface area (Å²) in [5.41, 5.74) is -0.571. The van der Waals surface area contributed by atoms with E-state index in [-0.39, 0.29) is 5.78 Å². The molecule has 2 rings (SSSR count). The molecule has 4 heteroatoms. The maximum absolute atomic E-state index is 12.8. The Hall–Kier alpha value is -0.190. The first-order valence-corrected chi connectivity index (χ1v) is 8.28. The van der Waals surface area contributed by atoms with Crippen LogP contribution in [0.4, 0.5) is 0 Å². The van der Waals surface area contributed by atoms with Crippen LogP contribution < -0.4 is 0 Å². The van der Waals surface area contributed by atoms with Crippen LogP contribution in [0.15, 0.2) is 15.9 Å². The van der Waals surface area contributed by atoms with E-state index in [1.807, 2.05) is 18.4 Å². The van der Waals surface area contributed by atoms with Crippen LogP contribution in [-0.4, -0.2) is 18.0 Å². The van der Waals surface area contributed by atoms with Gasteiger partial charge in [-0.2, -0.15) is 0 Å². The number of rotatable bonds is 4. The molecule has 100 valence electrons. The third-order valence-electron chi connectivity index (χ3n) is 3.57. The average Bonchev–Trinajstić information content (AvgIpc) is 2.64. The van der Waals surface area contributed by atoms with E-state index in [2.05, 4.69) is 15.9 Å². The summed E-state index contributed by atoms with van der Waals surface area (Å²) in [6, 6.07) is 1.94. The normalized spacial score (nSPS) is 19.4. The van der Waals surface area contributed by atoms with Gasteiger partial charge in [-0.25, -0.2) is 0 Å². The van der Waals surface area contributed by atoms with Crippen molar-refractivity contribution >= 4 is 33.0 Å². The van der Waals surface area contributed by atoms with Gasteiger partial charge in [0.25, 0.3) is 0 Å². The minimum Gasteiger partial charge on any atom is -0.367 e. The lowest BCUT2D eigenvalue weighted by molar-refractivity contribution is -0.0290. The van der Waals surface area contributed by atoms with Crippen molar-refractivity contribution in [3.05, 3.63) is 20.8 Å². The SMILES string of the molecule is CCOC1(C(=O)c2sccc2Br)CCCCCC1. The van der Waals surface area contributed by atoms with E-state index in [9.17, 15) is 4.79 Å². The molecule has 0 spiro atoms. The summed E-state index contributed by atoms with van der Waals surface area (Å²) in [5.74, 6) is 0.174. The van der Waals surface area contributed by atoms with Gasteiger partial charge in [0.1, 0.15) is 5.60 Å². The summed E-state index contributed by atoms with van der Waals surface area (Å²) in [4.78, 5) is 13.6. The van der Waals surface area contributed by atoms with Crippen LogP contribution in [0.3, 0.4) is 0 Å². The predicted octanol–water partition coefficient (Wildman–Crippen LogP) is 4.82. The first kappa shape index (κ1) is 14.2. The number of ether oxygens (including phenoxy) is 1. The van der Waals surface area contributed by atoms with Crippen LogP contribution in [-0.2, 0) is 4.74 Å². The largest absolute Gasteiger partial charge is 0.367 e. The highest BCUT2D eigenvalue weighted by Crippen LogP contribution is 2.37. The van der Waals surface area contributed by atoms with Gasteiger partial charge in [-0.1, -0.05) is 25.7 Å². The third kappa shape index (κ3) is 2.86. The molecule has 1 heterocycles. The number of Topliss-reactive ketones (excluding diaryl/α,β-unsaturated/α-hetero) is 1. The summed E-state index contributed by atoms with van der Waals surface area (Å²) in [7, 11) is 0. The van der Waals surface area contributed by atoms with E-state index >= 15 is 0 Å². The molecule has 0 saturated heterocycles. The second-order valence-electron chi connectivity index (χ2n) is 4.77.